The molecule has 1 aromatic rings. The van der Waals surface area contributed by atoms with E-state index in [1.165, 1.54) is 0 Å². The van der Waals surface area contributed by atoms with Gasteiger partial charge in [-0.2, -0.15) is 0 Å². The molecule has 6 nitrogen and oxygen atoms in total. The summed E-state index contributed by atoms with van der Waals surface area (Å²) in [6.45, 7) is 2.10. The molecule has 0 spiro atoms. The van der Waals surface area contributed by atoms with Crippen molar-refractivity contribution in [3.63, 3.8) is 0 Å². The third-order valence-electron chi connectivity index (χ3n) is 3.83. The molecule has 108 valence electrons. The summed E-state index contributed by atoms with van der Waals surface area (Å²) in [5, 5.41) is 3.31. The Bertz CT molecular complexity index is 520. The molecule has 2 saturated heterocycles. The van der Waals surface area contributed by atoms with E-state index in [1.54, 1.807) is 19.2 Å². The molecule has 3 heterocycles. The number of nitrogens with two attached hydrogens (primary N) is 1. The molecule has 2 bridgehead atoms. The minimum atomic E-state index is -0.404. The Hall–Kier alpha value is -1.82. The van der Waals surface area contributed by atoms with Gasteiger partial charge in [0.05, 0.1) is 36.7 Å². The number of nitrogens with zero attached hydrogens (tertiary/aromatic N) is 1. The molecule has 3 unspecified atom stereocenters. The van der Waals surface area contributed by atoms with Gasteiger partial charge in [-0.05, 0) is 32.3 Å². The lowest BCUT2D eigenvalue weighted by Gasteiger charge is -2.21. The lowest BCUT2D eigenvalue weighted by atomic mass is 9.95. The quantitative estimate of drug-likeness (QED) is 0.812. The Kier molecular flexibility index (Phi) is 3.48. The molecule has 2 aliphatic heterocycles. The van der Waals surface area contributed by atoms with E-state index >= 15 is 0 Å². The highest BCUT2D eigenvalue weighted by Crippen LogP contribution is 2.36. The number of nitrogens with one attached hydrogen (secondary N) is 1. The average Bonchev–Trinajstić information content (AvgIpc) is 3.03. The van der Waals surface area contributed by atoms with Crippen LogP contribution in [-0.4, -0.2) is 35.8 Å². The Morgan fingerprint density at radius 2 is 2.45 bits per heavy atom. The fraction of sp³-hybridized carbons (Fsp3) is 0.571. The molecule has 0 radical (unpaired) electrons. The maximum absolute atomic E-state index is 12.0. The molecule has 3 rings (SSSR count). The van der Waals surface area contributed by atoms with Gasteiger partial charge >= 0.3 is 5.97 Å². The molecular weight excluding hydrogens is 258 g/mol. The lowest BCUT2D eigenvalue weighted by Crippen LogP contribution is -2.31. The van der Waals surface area contributed by atoms with E-state index in [-0.39, 0.29) is 12.1 Å². The minimum absolute atomic E-state index is 0.207. The van der Waals surface area contributed by atoms with Crippen LogP contribution in [0.4, 0.5) is 11.5 Å². The normalized spacial score (nSPS) is 27.6. The van der Waals surface area contributed by atoms with E-state index in [4.69, 9.17) is 15.2 Å². The van der Waals surface area contributed by atoms with Gasteiger partial charge in [0.15, 0.2) is 0 Å². The van der Waals surface area contributed by atoms with Gasteiger partial charge in [0.2, 0.25) is 0 Å². The number of esters is 1. The molecule has 0 aliphatic carbocycles. The van der Waals surface area contributed by atoms with Crippen molar-refractivity contribution in [2.75, 3.05) is 17.7 Å². The van der Waals surface area contributed by atoms with Crippen molar-refractivity contribution in [3.05, 3.63) is 17.8 Å². The van der Waals surface area contributed by atoms with E-state index in [0.717, 1.165) is 19.3 Å². The second-order valence-electron chi connectivity index (χ2n) is 5.25. The first-order valence-corrected chi connectivity index (χ1v) is 7.02. The van der Waals surface area contributed by atoms with Crippen LogP contribution in [0, 0.1) is 0 Å². The van der Waals surface area contributed by atoms with Crippen LogP contribution in [0.2, 0.25) is 0 Å². The van der Waals surface area contributed by atoms with Crippen LogP contribution in [0.1, 0.15) is 36.5 Å². The van der Waals surface area contributed by atoms with Gasteiger partial charge in [-0.25, -0.2) is 9.78 Å². The Labute approximate surface area is 117 Å². The summed E-state index contributed by atoms with van der Waals surface area (Å²) < 4.78 is 10.8. The summed E-state index contributed by atoms with van der Waals surface area (Å²) in [7, 11) is 0. The maximum atomic E-state index is 12.0. The Balaban J connectivity index is 1.80. The highest BCUT2D eigenvalue weighted by atomic mass is 16.5. The predicted molar refractivity (Wildman–Crippen MR) is 74.5 cm³/mol. The van der Waals surface area contributed by atoms with Crippen LogP contribution in [0.15, 0.2) is 12.3 Å². The Morgan fingerprint density at radius 1 is 1.60 bits per heavy atom. The van der Waals surface area contributed by atoms with Crippen molar-refractivity contribution in [1.29, 1.82) is 0 Å². The van der Waals surface area contributed by atoms with Crippen LogP contribution >= 0.6 is 0 Å². The van der Waals surface area contributed by atoms with Crippen LogP contribution < -0.4 is 11.1 Å². The number of carbonyl (C=O) groups is 1. The second-order valence-corrected chi connectivity index (χ2v) is 5.25. The number of nitrogen functional groups attached to an aromatic ring is 1. The number of anilines is 2. The molecule has 1 aromatic heterocycles. The smallest absolute Gasteiger partial charge is 0.341 e. The van der Waals surface area contributed by atoms with Crippen molar-refractivity contribution >= 4 is 17.5 Å². The van der Waals surface area contributed by atoms with E-state index < -0.39 is 5.97 Å². The molecule has 2 fully saturated rings. The summed E-state index contributed by atoms with van der Waals surface area (Å²) in [4.78, 5) is 16.2. The number of aromatic nitrogens is 1. The molecule has 3 atom stereocenters. The monoisotopic (exact) mass is 277 g/mol. The molecule has 0 saturated carbocycles. The second kappa shape index (κ2) is 5.28. The first-order valence-electron chi connectivity index (χ1n) is 7.02. The summed E-state index contributed by atoms with van der Waals surface area (Å²) in [6, 6.07) is 1.81. The highest BCUT2D eigenvalue weighted by Gasteiger charge is 2.41. The summed E-state index contributed by atoms with van der Waals surface area (Å²) in [5.74, 6) is 0.123. The topological polar surface area (TPSA) is 86.5 Å². The third-order valence-corrected chi connectivity index (χ3v) is 3.83. The van der Waals surface area contributed by atoms with Gasteiger partial charge in [-0.1, -0.05) is 0 Å². The fourth-order valence-electron chi connectivity index (χ4n) is 2.93. The molecule has 3 N–H and O–H groups in total. The van der Waals surface area contributed by atoms with Gasteiger partial charge in [-0.15, -0.1) is 0 Å². The van der Waals surface area contributed by atoms with Crippen LogP contribution in [-0.2, 0) is 9.47 Å². The lowest BCUT2D eigenvalue weighted by molar-refractivity contribution is 0.0527. The van der Waals surface area contributed by atoms with E-state index in [0.29, 0.717) is 29.8 Å². The largest absolute Gasteiger partial charge is 0.462 e. The van der Waals surface area contributed by atoms with Crippen molar-refractivity contribution in [1.82, 2.24) is 4.98 Å². The molecule has 2 aliphatic rings. The number of hydrogen-bond acceptors (Lipinski definition) is 6. The van der Waals surface area contributed by atoms with E-state index in [2.05, 4.69) is 10.3 Å². The van der Waals surface area contributed by atoms with Crippen LogP contribution in [0.5, 0.6) is 0 Å². The van der Waals surface area contributed by atoms with Gasteiger partial charge in [0, 0.05) is 0 Å². The fourth-order valence-corrected chi connectivity index (χ4v) is 2.93. The molecule has 0 amide bonds. The average molecular weight is 277 g/mol. The molecular formula is C14H19N3O3. The number of carbonyl (C=O) groups excluding carboxylic acids is 1. The number of rotatable bonds is 4. The van der Waals surface area contributed by atoms with Crippen molar-refractivity contribution in [2.24, 2.45) is 0 Å². The SMILES string of the molecule is CCOC(=O)c1cc(N)cnc1NC1CC2CCC1O2. The first kappa shape index (κ1) is 13.2. The van der Waals surface area contributed by atoms with Gasteiger partial charge < -0.3 is 20.5 Å². The zero-order valence-corrected chi connectivity index (χ0v) is 11.5. The Morgan fingerprint density at radius 3 is 3.10 bits per heavy atom. The van der Waals surface area contributed by atoms with Crippen LogP contribution in [0.3, 0.4) is 0 Å². The van der Waals surface area contributed by atoms with Crippen molar-refractivity contribution < 1.29 is 14.3 Å². The van der Waals surface area contributed by atoms with Gasteiger partial charge in [-0.3, -0.25) is 0 Å². The molecule has 20 heavy (non-hydrogen) atoms. The third kappa shape index (κ3) is 2.43. The van der Waals surface area contributed by atoms with Crippen molar-refractivity contribution in [3.8, 4) is 0 Å². The molecule has 6 heteroatoms. The summed E-state index contributed by atoms with van der Waals surface area (Å²) in [6.07, 6.45) is 5.25. The zero-order valence-electron chi connectivity index (χ0n) is 11.5. The zero-order chi connectivity index (χ0) is 14.1. The number of ether oxygens (including phenoxy) is 2. The summed E-state index contributed by atoms with van der Waals surface area (Å²) in [5.41, 5.74) is 6.54. The number of fused-ring (bicyclic) bond motifs is 2. The first-order chi connectivity index (χ1) is 9.67. The van der Waals surface area contributed by atoms with Gasteiger partial charge in [0.25, 0.3) is 0 Å². The van der Waals surface area contributed by atoms with E-state index in [9.17, 15) is 4.79 Å². The van der Waals surface area contributed by atoms with E-state index in [1.807, 2.05) is 0 Å². The highest BCUT2D eigenvalue weighted by molar-refractivity contribution is 5.95. The minimum Gasteiger partial charge on any atom is -0.462 e. The number of pyridine rings is 1. The summed E-state index contributed by atoms with van der Waals surface area (Å²) >= 11 is 0. The number of hydrogen-bond donors (Lipinski definition) is 2. The van der Waals surface area contributed by atoms with Crippen LogP contribution in [0.25, 0.3) is 0 Å². The predicted octanol–water partition coefficient (Wildman–Crippen LogP) is 1.57. The molecule has 0 aromatic carbocycles. The van der Waals surface area contributed by atoms with Gasteiger partial charge in [0.1, 0.15) is 11.4 Å². The van der Waals surface area contributed by atoms with Crippen molar-refractivity contribution in [2.45, 2.75) is 44.4 Å². The standard InChI is InChI=1S/C14H19N3O3/c1-2-19-14(18)10-5-8(15)7-16-13(10)17-11-6-9-3-4-12(11)20-9/h5,7,9,11-12H,2-4,6,15H2,1H3,(H,16,17). The maximum Gasteiger partial charge on any atom is 0.341 e.